The van der Waals surface area contributed by atoms with Crippen LogP contribution in [0.15, 0.2) is 73.6 Å². The van der Waals surface area contributed by atoms with Crippen molar-refractivity contribution in [3.63, 3.8) is 0 Å². The van der Waals surface area contributed by atoms with E-state index in [2.05, 4.69) is 0 Å². The van der Waals surface area contributed by atoms with Gasteiger partial charge in [-0.15, -0.1) is 5.23 Å². The number of hydrogen-bond acceptors (Lipinski definition) is 1. The van der Waals surface area contributed by atoms with Crippen LogP contribution in [0.2, 0.25) is 0 Å². The maximum Gasteiger partial charge on any atom is 0.0300 e. The van der Waals surface area contributed by atoms with Crippen LogP contribution in [0, 0.1) is 0 Å². The average Bonchev–Trinajstić information content (AvgIpc) is 3.02. The molecule has 4 heteroatoms. The molecule has 3 aromatic heterocycles. The van der Waals surface area contributed by atoms with Crippen LogP contribution in [-0.2, 0) is 0 Å². The molecule has 0 aliphatic rings. The molecule has 0 N–H and O–H groups in total. The van der Waals surface area contributed by atoms with Crippen LogP contribution in [0.5, 0.6) is 0 Å². The second-order valence-corrected chi connectivity index (χ2v) is 3.46. The molecule has 0 spiro atoms. The largest absolute Gasteiger partial charge is 0.234 e. The number of nitrogens with zero attached hydrogens (tertiary/aromatic N) is 4. The van der Waals surface area contributed by atoms with Crippen LogP contribution in [0.4, 0.5) is 0 Å². The standard InChI is InChI=1S/C12H12N4/c1-2-8-13(7-1)16(14-9-3-4-10-14)15-11-5-6-12-15/h1-12H. The van der Waals surface area contributed by atoms with Crippen molar-refractivity contribution in [2.24, 2.45) is 0 Å². The van der Waals surface area contributed by atoms with Crippen molar-refractivity contribution in [3.8, 4) is 0 Å². The van der Waals surface area contributed by atoms with Gasteiger partial charge in [0.05, 0.1) is 0 Å². The minimum atomic E-state index is 2.00. The molecule has 0 aliphatic heterocycles. The topological polar surface area (TPSA) is 18.0 Å². The summed E-state index contributed by atoms with van der Waals surface area (Å²) in [6.45, 7) is 0. The fraction of sp³-hybridized carbons (Fsp3) is 0. The van der Waals surface area contributed by atoms with E-state index in [4.69, 9.17) is 0 Å². The first-order valence-electron chi connectivity index (χ1n) is 5.15. The highest BCUT2D eigenvalue weighted by Crippen LogP contribution is 2.02. The Morgan fingerprint density at radius 2 is 0.688 bits per heavy atom. The van der Waals surface area contributed by atoms with Crippen molar-refractivity contribution in [1.29, 1.82) is 0 Å². The van der Waals surface area contributed by atoms with Crippen molar-refractivity contribution in [2.45, 2.75) is 0 Å². The number of hydrogen-bond donors (Lipinski definition) is 0. The highest BCUT2D eigenvalue weighted by molar-refractivity contribution is 5.04. The molecular formula is C12H12N4. The summed E-state index contributed by atoms with van der Waals surface area (Å²) in [6, 6.07) is 12.0. The van der Waals surface area contributed by atoms with Crippen molar-refractivity contribution in [1.82, 2.24) is 14.0 Å². The van der Waals surface area contributed by atoms with Gasteiger partial charge in [-0.1, -0.05) is 0 Å². The second kappa shape index (κ2) is 3.66. The van der Waals surface area contributed by atoms with Crippen LogP contribution in [0.25, 0.3) is 0 Å². The van der Waals surface area contributed by atoms with E-state index in [1.165, 1.54) is 0 Å². The maximum absolute atomic E-state index is 2.00. The van der Waals surface area contributed by atoms with E-state index >= 15 is 0 Å². The molecule has 80 valence electrons. The molecule has 0 saturated carbocycles. The maximum atomic E-state index is 2.00. The Balaban J connectivity index is 2.09. The molecule has 0 fully saturated rings. The number of aromatic nitrogens is 3. The van der Waals surface area contributed by atoms with E-state index in [-0.39, 0.29) is 0 Å². The lowest BCUT2D eigenvalue weighted by molar-refractivity contribution is 0.449. The van der Waals surface area contributed by atoms with Crippen molar-refractivity contribution in [3.05, 3.63) is 73.6 Å². The first-order chi connectivity index (χ1) is 7.95. The molecule has 0 aromatic carbocycles. The quantitative estimate of drug-likeness (QED) is 0.649. The van der Waals surface area contributed by atoms with E-state index in [9.17, 15) is 0 Å². The Morgan fingerprint density at radius 3 is 0.938 bits per heavy atom. The van der Waals surface area contributed by atoms with Gasteiger partial charge < -0.3 is 0 Å². The molecule has 4 nitrogen and oxygen atoms in total. The Bertz CT molecular complexity index is 438. The van der Waals surface area contributed by atoms with Crippen LogP contribution in [0.1, 0.15) is 0 Å². The summed E-state index contributed by atoms with van der Waals surface area (Å²) >= 11 is 0. The molecule has 0 radical (unpaired) electrons. The summed E-state index contributed by atoms with van der Waals surface area (Å²) < 4.78 is 6.00. The smallest absolute Gasteiger partial charge is 0.0300 e. The Hall–Kier alpha value is -2.36. The van der Waals surface area contributed by atoms with Crippen LogP contribution in [0.3, 0.4) is 0 Å². The van der Waals surface area contributed by atoms with Gasteiger partial charge >= 0.3 is 0 Å². The van der Waals surface area contributed by atoms with Crippen molar-refractivity contribution < 1.29 is 0 Å². The van der Waals surface area contributed by atoms with Crippen LogP contribution >= 0.6 is 0 Å². The highest BCUT2D eigenvalue weighted by atomic mass is 15.9. The highest BCUT2D eigenvalue weighted by Gasteiger charge is 2.06. The van der Waals surface area contributed by atoms with E-state index in [1.807, 2.05) is 92.8 Å². The van der Waals surface area contributed by atoms with Gasteiger partial charge in [-0.2, -0.15) is 0 Å². The van der Waals surface area contributed by atoms with Gasteiger partial charge in [0.2, 0.25) is 0 Å². The Kier molecular flexibility index (Phi) is 2.04. The minimum absolute atomic E-state index is 2.00. The fourth-order valence-electron chi connectivity index (χ4n) is 1.69. The molecule has 0 atom stereocenters. The van der Waals surface area contributed by atoms with Gasteiger partial charge in [0.1, 0.15) is 0 Å². The molecule has 16 heavy (non-hydrogen) atoms. The van der Waals surface area contributed by atoms with E-state index in [0.29, 0.717) is 0 Å². The normalized spacial score (nSPS) is 10.5. The van der Waals surface area contributed by atoms with Crippen molar-refractivity contribution >= 4 is 0 Å². The lowest BCUT2D eigenvalue weighted by atomic mass is 10.7. The fourth-order valence-corrected chi connectivity index (χ4v) is 1.69. The van der Waals surface area contributed by atoms with Crippen molar-refractivity contribution in [2.75, 3.05) is 5.23 Å². The summed E-state index contributed by atoms with van der Waals surface area (Å²) in [6.07, 6.45) is 12.0. The van der Waals surface area contributed by atoms with E-state index in [0.717, 1.165) is 0 Å². The van der Waals surface area contributed by atoms with Gasteiger partial charge in [0.15, 0.2) is 0 Å². The first-order valence-corrected chi connectivity index (χ1v) is 5.15. The zero-order chi connectivity index (χ0) is 10.8. The number of rotatable bonds is 3. The lowest BCUT2D eigenvalue weighted by Gasteiger charge is -2.27. The summed E-state index contributed by atoms with van der Waals surface area (Å²) in [7, 11) is 0. The Labute approximate surface area is 93.5 Å². The monoisotopic (exact) mass is 212 g/mol. The van der Waals surface area contributed by atoms with E-state index in [1.54, 1.807) is 0 Å². The lowest BCUT2D eigenvalue weighted by Crippen LogP contribution is -2.41. The summed E-state index contributed by atoms with van der Waals surface area (Å²) in [4.78, 5) is 0. The molecular weight excluding hydrogens is 200 g/mol. The first kappa shape index (κ1) is 8.91. The van der Waals surface area contributed by atoms with Crippen LogP contribution < -0.4 is 5.23 Å². The molecule has 0 amide bonds. The second-order valence-electron chi connectivity index (χ2n) is 3.46. The average molecular weight is 212 g/mol. The predicted molar refractivity (Wildman–Crippen MR) is 62.3 cm³/mol. The third kappa shape index (κ3) is 1.40. The molecule has 0 bridgehead atoms. The molecule has 3 heterocycles. The summed E-state index contributed by atoms with van der Waals surface area (Å²) in [5, 5.41) is 2.00. The zero-order valence-corrected chi connectivity index (χ0v) is 8.72. The SMILES string of the molecule is c1ccn(N(n2cccc2)n2cccc2)c1. The molecule has 0 saturated heterocycles. The van der Waals surface area contributed by atoms with Gasteiger partial charge in [-0.05, 0) is 36.4 Å². The van der Waals surface area contributed by atoms with Gasteiger partial charge in [0.25, 0.3) is 0 Å². The van der Waals surface area contributed by atoms with Gasteiger partial charge in [0, 0.05) is 37.2 Å². The molecule has 0 aliphatic carbocycles. The molecule has 3 rings (SSSR count). The summed E-state index contributed by atoms with van der Waals surface area (Å²) in [5.74, 6) is 0. The predicted octanol–water partition coefficient (Wildman–Crippen LogP) is 1.96. The van der Waals surface area contributed by atoms with E-state index < -0.39 is 0 Å². The third-order valence-electron chi connectivity index (χ3n) is 2.39. The van der Waals surface area contributed by atoms with Crippen LogP contribution in [-0.4, -0.2) is 14.0 Å². The zero-order valence-electron chi connectivity index (χ0n) is 8.72. The third-order valence-corrected chi connectivity index (χ3v) is 2.39. The minimum Gasteiger partial charge on any atom is -0.234 e. The Morgan fingerprint density at radius 1 is 0.438 bits per heavy atom. The van der Waals surface area contributed by atoms with Gasteiger partial charge in [-0.25, -0.2) is 14.0 Å². The van der Waals surface area contributed by atoms with Gasteiger partial charge in [-0.3, -0.25) is 0 Å². The molecule has 3 aromatic rings. The molecule has 0 unspecified atom stereocenters. The summed E-state index contributed by atoms with van der Waals surface area (Å²) in [5.41, 5.74) is 0.